The van der Waals surface area contributed by atoms with Crippen LogP contribution in [0.15, 0.2) is 160 Å². The van der Waals surface area contributed by atoms with Gasteiger partial charge in [0.1, 0.15) is 28.0 Å². The van der Waals surface area contributed by atoms with Crippen LogP contribution in [-0.2, 0) is 0 Å². The quantitative estimate of drug-likeness (QED) is 0.149. The number of nitrogens with one attached hydrogen (secondary N) is 2. The van der Waals surface area contributed by atoms with Gasteiger partial charge in [0.25, 0.3) is 0 Å². The van der Waals surface area contributed by atoms with E-state index in [0.717, 1.165) is 123 Å². The lowest BCUT2D eigenvalue weighted by atomic mass is 10.0. The zero-order valence-corrected chi connectivity index (χ0v) is 44.8. The average Bonchev–Trinajstić information content (AvgIpc) is 4.12. The summed E-state index contributed by atoms with van der Waals surface area (Å²) in [6, 6.07) is 32.2. The molecule has 0 bridgehead atoms. The van der Waals surface area contributed by atoms with Gasteiger partial charge in [-0.05, 0) is 104 Å². The van der Waals surface area contributed by atoms with Crippen LogP contribution in [0, 0.1) is 6.92 Å². The number of hydrogen-bond acceptors (Lipinski definition) is 17. The molecule has 3 aliphatic heterocycles. The number of rotatable bonds is 6. The number of imidazole rings is 1. The number of piperazine rings is 3. The summed E-state index contributed by atoms with van der Waals surface area (Å²) in [6.45, 7) is 13.5. The number of halogens is 2. The largest absolute Gasteiger partial charge is 0.434 e. The molecule has 3 aliphatic rings. The van der Waals surface area contributed by atoms with Crippen LogP contribution in [0.1, 0.15) is 5.56 Å². The van der Waals surface area contributed by atoms with E-state index in [1.165, 1.54) is 6.20 Å². The molecule has 2 N–H and O–H groups in total. The molecule has 0 unspecified atom stereocenters. The molecular weight excluding hydrogens is 1050 g/mol. The minimum absolute atomic E-state index is 0.225. The van der Waals surface area contributed by atoms with E-state index in [2.05, 4.69) is 75.4 Å². The van der Waals surface area contributed by atoms with Gasteiger partial charge < -0.3 is 52.3 Å². The van der Waals surface area contributed by atoms with E-state index in [1.54, 1.807) is 55.0 Å². The maximum absolute atomic E-state index is 12.8. The molecule has 11 heterocycles. The van der Waals surface area contributed by atoms with Crippen molar-refractivity contribution >= 4 is 90.0 Å². The Labute approximate surface area is 461 Å². The first-order valence-corrected chi connectivity index (χ1v) is 26.8. The Morgan fingerprint density at radius 3 is 1.77 bits per heavy atom. The number of oxazole rings is 1. The van der Waals surface area contributed by atoms with Crippen molar-refractivity contribution in [3.63, 3.8) is 0 Å². The molecule has 3 aromatic carbocycles. The number of aryl methyl sites for hydroxylation is 1. The predicted octanol–water partition coefficient (Wildman–Crippen LogP) is 9.15. The van der Waals surface area contributed by atoms with Crippen molar-refractivity contribution in [2.45, 2.75) is 6.92 Å². The van der Waals surface area contributed by atoms with Gasteiger partial charge in [-0.2, -0.15) is 4.98 Å². The molecule has 0 amide bonds. The van der Waals surface area contributed by atoms with Gasteiger partial charge in [-0.1, -0.05) is 23.2 Å². The summed E-state index contributed by atoms with van der Waals surface area (Å²) in [4.78, 5) is 64.1. The molecule has 3 saturated heterocycles. The number of pyridine rings is 3. The maximum atomic E-state index is 12.8. The van der Waals surface area contributed by atoms with Gasteiger partial charge >= 0.3 is 16.9 Å². The second-order valence-corrected chi connectivity index (χ2v) is 20.5. The number of aromatic nitrogens is 5. The van der Waals surface area contributed by atoms with E-state index in [1.807, 2.05) is 59.9 Å². The lowest BCUT2D eigenvalue weighted by Crippen LogP contribution is -2.44. The van der Waals surface area contributed by atoms with Crippen molar-refractivity contribution in [2.24, 2.45) is 0 Å². The number of benzene rings is 3. The average molecular weight is 1100 g/mol. The van der Waals surface area contributed by atoms with Gasteiger partial charge in [0.2, 0.25) is 5.89 Å². The molecule has 8 aromatic heterocycles. The molecule has 3 fully saturated rings. The van der Waals surface area contributed by atoms with Crippen LogP contribution < -0.4 is 42.2 Å². The summed E-state index contributed by atoms with van der Waals surface area (Å²) in [5.74, 6) is 0.225. The Hall–Kier alpha value is -8.39. The lowest BCUT2D eigenvalue weighted by molar-refractivity contribution is 0.313. The van der Waals surface area contributed by atoms with E-state index < -0.39 is 11.3 Å². The number of anilines is 3. The van der Waals surface area contributed by atoms with Crippen LogP contribution in [0.5, 0.6) is 0 Å². The monoisotopic (exact) mass is 1100 g/mol. The molecule has 0 aliphatic carbocycles. The Morgan fingerprint density at radius 2 is 1.13 bits per heavy atom. The van der Waals surface area contributed by atoms with Crippen LogP contribution in [0.2, 0.25) is 10.0 Å². The predicted molar refractivity (Wildman–Crippen MR) is 310 cm³/mol. The van der Waals surface area contributed by atoms with Crippen molar-refractivity contribution in [1.29, 1.82) is 0 Å². The van der Waals surface area contributed by atoms with Crippen molar-refractivity contribution in [2.75, 3.05) is 100 Å². The zero-order valence-electron chi connectivity index (χ0n) is 43.2. The number of nitrogens with zero attached hydrogens (tertiary/aromatic N) is 9. The van der Waals surface area contributed by atoms with Gasteiger partial charge in [0.15, 0.2) is 11.2 Å². The zero-order chi connectivity index (χ0) is 54.1. The first-order chi connectivity index (χ1) is 38.5. The van der Waals surface area contributed by atoms with Gasteiger partial charge in [-0.25, -0.2) is 24.4 Å². The highest BCUT2D eigenvalue weighted by Crippen LogP contribution is 2.32. The number of hydrogen-bond donors (Lipinski definition) is 2. The highest BCUT2D eigenvalue weighted by Gasteiger charge is 2.21. The summed E-state index contributed by atoms with van der Waals surface area (Å²) in [5.41, 5.74) is 8.71. The highest BCUT2D eigenvalue weighted by molar-refractivity contribution is 6.30. The third-order valence-corrected chi connectivity index (χ3v) is 14.9. The summed E-state index contributed by atoms with van der Waals surface area (Å²) in [6.07, 6.45) is 6.73. The second-order valence-electron chi connectivity index (χ2n) is 19.6. The summed E-state index contributed by atoms with van der Waals surface area (Å²) in [7, 11) is 2.12. The van der Waals surface area contributed by atoms with Gasteiger partial charge in [-0.15, -0.1) is 0 Å². The number of fused-ring (bicyclic) bond motifs is 5. The molecule has 0 saturated carbocycles. The van der Waals surface area contributed by atoms with Crippen LogP contribution in [0.4, 0.5) is 17.1 Å². The molecule has 0 atom stereocenters. The molecule has 18 nitrogen and oxygen atoms in total. The Bertz CT molecular complexity index is 4200. The van der Waals surface area contributed by atoms with Crippen molar-refractivity contribution in [1.82, 2.24) is 39.9 Å². The Kier molecular flexibility index (Phi) is 14.4. The van der Waals surface area contributed by atoms with Gasteiger partial charge in [-0.3, -0.25) is 4.98 Å². The van der Waals surface area contributed by atoms with E-state index in [-0.39, 0.29) is 11.5 Å². The summed E-state index contributed by atoms with van der Waals surface area (Å²) >= 11 is 11.9. The van der Waals surface area contributed by atoms with Crippen molar-refractivity contribution in [3.05, 3.63) is 175 Å². The van der Waals surface area contributed by atoms with Crippen LogP contribution in [-0.4, -0.2) is 115 Å². The SMILES string of the molecule is CN1CCN(c2ccc3cc(-c4nc5ncccc5o4)c(=O)oc3c2)CC1.Cc1c(-c2cn3cc(Cl)ccc3n2)c(=O)oc2cc(N3CCNCC3)ccc12.O=c1oc2cc(N3CCNCC3)ccc2cc1-c1ccc(Cl)cn1. The first-order valence-electron chi connectivity index (χ1n) is 26.0. The van der Waals surface area contributed by atoms with Crippen molar-refractivity contribution in [3.8, 4) is 34.0 Å². The van der Waals surface area contributed by atoms with E-state index in [9.17, 15) is 14.4 Å². The fourth-order valence-corrected chi connectivity index (χ4v) is 10.5. The fraction of sp³-hybridized carbons (Fsp3) is 0.237. The summed E-state index contributed by atoms with van der Waals surface area (Å²) in [5, 5.41) is 10.4. The van der Waals surface area contributed by atoms with Gasteiger partial charge in [0, 0.05) is 155 Å². The maximum Gasteiger partial charge on any atom is 0.349 e. The standard InChI is InChI=1S/C21H19ClN4O2.C20H18N4O3.C18H16ClN3O2/c1-13-16-4-3-15(25-8-6-23-7-9-25)10-18(16)28-21(27)20(13)17-12-26-11-14(22)2-5-19(26)24-17;1-23-7-9-24(10-8-23)14-5-4-13-11-15(20(25)27-17(13)12-14)19-22-18-16(26-19)3-2-6-21-18;19-13-2-4-16(21-11-13)15-9-12-1-3-14(10-17(12)24-18(15)23)22-7-5-20-6-8-22/h2-5,10-12,23H,6-9H2,1H3;2-6,11-12H,7-10H2,1H3;1-4,9-11,20H,5-8H2. The Balaban J connectivity index is 0.000000119. The third-order valence-electron chi connectivity index (χ3n) is 14.5. The Morgan fingerprint density at radius 1 is 0.532 bits per heavy atom. The molecule has 20 heteroatoms. The van der Waals surface area contributed by atoms with E-state index >= 15 is 0 Å². The lowest BCUT2D eigenvalue weighted by Gasteiger charge is -2.34. The fourth-order valence-electron chi connectivity index (χ4n) is 10.2. The molecule has 79 heavy (non-hydrogen) atoms. The van der Waals surface area contributed by atoms with Crippen LogP contribution >= 0.6 is 23.2 Å². The van der Waals surface area contributed by atoms with E-state index in [4.69, 9.17) is 40.9 Å². The van der Waals surface area contributed by atoms with Crippen LogP contribution in [0.25, 0.3) is 83.8 Å². The molecule has 11 aromatic rings. The van der Waals surface area contributed by atoms with E-state index in [0.29, 0.717) is 66.1 Å². The van der Waals surface area contributed by atoms with Gasteiger partial charge in [0.05, 0.1) is 32.6 Å². The molecule has 0 radical (unpaired) electrons. The second kappa shape index (κ2) is 22.2. The molecular formula is C59H53Cl2N11O7. The molecule has 0 spiro atoms. The van der Waals surface area contributed by atoms with Crippen LogP contribution in [0.3, 0.4) is 0 Å². The third kappa shape index (κ3) is 10.9. The molecule has 400 valence electrons. The summed E-state index contributed by atoms with van der Waals surface area (Å²) < 4.78 is 24.3. The smallest absolute Gasteiger partial charge is 0.349 e. The number of likely N-dealkylation sites (N-methyl/N-ethyl adjacent to an activating group) is 1. The minimum Gasteiger partial charge on any atom is -0.434 e. The van der Waals surface area contributed by atoms with Crippen molar-refractivity contribution < 1.29 is 17.7 Å². The highest BCUT2D eigenvalue weighted by atomic mass is 35.5. The minimum atomic E-state index is -0.468. The topological polar surface area (TPSA) is 197 Å². The normalized spacial score (nSPS) is 15.2. The molecule has 14 rings (SSSR count). The first kappa shape index (κ1) is 51.4.